The topological polar surface area (TPSA) is 158 Å². The van der Waals surface area contributed by atoms with Gasteiger partial charge < -0.3 is 30.2 Å². The number of benzene rings is 1. The molecular formula is C29H40N2O8. The van der Waals surface area contributed by atoms with Gasteiger partial charge in [-0.3, -0.25) is 9.59 Å². The molecule has 1 aromatic carbocycles. The Labute approximate surface area is 229 Å². The van der Waals surface area contributed by atoms with E-state index in [1.165, 1.54) is 14.0 Å². The second-order valence-corrected chi connectivity index (χ2v) is 10.6. The summed E-state index contributed by atoms with van der Waals surface area (Å²) >= 11 is 0. The molecule has 0 radical (unpaired) electrons. The largest absolute Gasteiger partial charge is 0.496 e. The summed E-state index contributed by atoms with van der Waals surface area (Å²) in [4.78, 5) is 39.5. The fourth-order valence-corrected chi connectivity index (χ4v) is 5.88. The highest BCUT2D eigenvalue weighted by molar-refractivity contribution is 6.29. The lowest BCUT2D eigenvalue weighted by molar-refractivity contribution is -0.270. The van der Waals surface area contributed by atoms with Gasteiger partial charge in [-0.15, -0.1) is 4.91 Å². The molecule has 10 heteroatoms. The molecule has 1 aromatic rings. The molecule has 6 unspecified atom stereocenters. The first kappa shape index (κ1) is 30.8. The molecule has 2 aliphatic rings. The van der Waals surface area contributed by atoms with Crippen LogP contribution in [0.5, 0.6) is 5.75 Å². The number of ether oxygens (including phenoxy) is 3. The zero-order chi connectivity index (χ0) is 29.1. The number of Topliss-reactive ketones (excluding diaryl/α,β-unsaturated/α-hetero) is 2. The second-order valence-electron chi connectivity index (χ2n) is 10.6. The maximum absolute atomic E-state index is 13.8. The van der Waals surface area contributed by atoms with Gasteiger partial charge in [0.2, 0.25) is 0 Å². The molecule has 39 heavy (non-hydrogen) atoms. The van der Waals surface area contributed by atoms with E-state index in [1.54, 1.807) is 32.0 Å². The van der Waals surface area contributed by atoms with Crippen LogP contribution < -0.4 is 10.5 Å². The lowest BCUT2D eigenvalue weighted by Gasteiger charge is -2.44. The minimum atomic E-state index is -0.963. The Kier molecular flexibility index (Phi) is 9.95. The van der Waals surface area contributed by atoms with Gasteiger partial charge in [0, 0.05) is 36.1 Å². The van der Waals surface area contributed by atoms with Crippen LogP contribution in [0.1, 0.15) is 81.0 Å². The van der Waals surface area contributed by atoms with E-state index in [0.717, 1.165) is 0 Å². The van der Waals surface area contributed by atoms with E-state index >= 15 is 0 Å². The molecule has 4 N–H and O–H groups in total. The molecule has 1 saturated heterocycles. The van der Waals surface area contributed by atoms with Crippen molar-refractivity contribution in [2.45, 2.75) is 90.4 Å². The number of rotatable bonds is 11. The number of hydrogen-bond donors (Lipinski definition) is 3. The van der Waals surface area contributed by atoms with Gasteiger partial charge in [0.25, 0.3) is 0 Å². The van der Waals surface area contributed by atoms with Gasteiger partial charge in [-0.1, -0.05) is 25.5 Å². The fraction of sp³-hybridized carbons (Fsp3) is 0.586. The number of nitrogens with zero attached hydrogens (tertiary/aromatic N) is 1. The standard InChI is InChI=1S/C29H40N2O8/c1-7-12-29(5,39-22-14-20(30)27(34)17(4)38-22)19(11-13-32)15(2)25(31-36)23-16(3)26(33)18-9-8-10-21(37-6)24(18)28(23)35/h8-10,17,19-20,22,27,32,34H,7,11-14,30H2,1-6H3/b25-15-. The summed E-state index contributed by atoms with van der Waals surface area (Å²) in [5.41, 5.74) is 5.73. The van der Waals surface area contributed by atoms with Gasteiger partial charge >= 0.3 is 0 Å². The first-order valence-corrected chi connectivity index (χ1v) is 13.3. The number of nitrogens with two attached hydrogens (primary N) is 1. The predicted octanol–water partition coefficient (Wildman–Crippen LogP) is 3.83. The molecule has 0 aromatic heterocycles. The first-order chi connectivity index (χ1) is 18.4. The molecule has 1 heterocycles. The highest BCUT2D eigenvalue weighted by Gasteiger charge is 2.44. The Hall–Kier alpha value is -2.76. The molecule has 6 atom stereocenters. The van der Waals surface area contributed by atoms with Gasteiger partial charge in [0.15, 0.2) is 17.9 Å². The van der Waals surface area contributed by atoms with Crippen molar-refractivity contribution in [2.75, 3.05) is 13.7 Å². The minimum Gasteiger partial charge on any atom is -0.496 e. The van der Waals surface area contributed by atoms with Gasteiger partial charge in [-0.2, -0.15) is 0 Å². The van der Waals surface area contributed by atoms with Crippen molar-refractivity contribution < 1.29 is 34.0 Å². The molecule has 214 valence electrons. The molecule has 0 saturated carbocycles. The predicted molar refractivity (Wildman–Crippen MR) is 145 cm³/mol. The highest BCUT2D eigenvalue weighted by atomic mass is 16.7. The lowest BCUT2D eigenvalue weighted by Crippen LogP contribution is -2.54. The van der Waals surface area contributed by atoms with E-state index in [1.807, 2.05) is 13.8 Å². The fourth-order valence-electron chi connectivity index (χ4n) is 5.88. The third-order valence-electron chi connectivity index (χ3n) is 7.94. The summed E-state index contributed by atoms with van der Waals surface area (Å²) in [7, 11) is 1.40. The number of aliphatic hydroxyl groups excluding tert-OH is 2. The Bertz CT molecular complexity index is 1160. The van der Waals surface area contributed by atoms with Crippen LogP contribution in [0.3, 0.4) is 0 Å². The van der Waals surface area contributed by atoms with Crippen molar-refractivity contribution in [3.63, 3.8) is 0 Å². The summed E-state index contributed by atoms with van der Waals surface area (Å²) in [5, 5.41) is 23.5. The zero-order valence-electron chi connectivity index (χ0n) is 23.5. The number of aliphatic hydroxyl groups is 2. The number of hydrogen-bond acceptors (Lipinski definition) is 10. The molecule has 3 rings (SSSR count). The number of nitroso groups, excluding NO2 is 1. The summed E-state index contributed by atoms with van der Waals surface area (Å²) in [6, 6.07) is 4.22. The van der Waals surface area contributed by atoms with Gasteiger partial charge in [0.05, 0.1) is 36.1 Å². The maximum atomic E-state index is 13.8. The van der Waals surface area contributed by atoms with Crippen molar-refractivity contribution >= 4 is 11.6 Å². The monoisotopic (exact) mass is 544 g/mol. The first-order valence-electron chi connectivity index (χ1n) is 13.3. The van der Waals surface area contributed by atoms with E-state index in [4.69, 9.17) is 19.9 Å². The Balaban J connectivity index is 2.12. The van der Waals surface area contributed by atoms with E-state index in [-0.39, 0.29) is 53.2 Å². The van der Waals surface area contributed by atoms with Gasteiger partial charge in [0.1, 0.15) is 11.4 Å². The van der Waals surface area contributed by atoms with Crippen LogP contribution in [0, 0.1) is 10.8 Å². The average molecular weight is 545 g/mol. The quantitative estimate of drug-likeness (QED) is 0.352. The number of ketones is 2. The average Bonchev–Trinajstić information content (AvgIpc) is 2.90. The number of fused-ring (bicyclic) bond motifs is 1. The van der Waals surface area contributed by atoms with Crippen molar-refractivity contribution in [1.29, 1.82) is 0 Å². The van der Waals surface area contributed by atoms with Gasteiger partial charge in [-0.05, 0) is 57.4 Å². The molecule has 0 spiro atoms. The summed E-state index contributed by atoms with van der Waals surface area (Å²) < 4.78 is 17.8. The van der Waals surface area contributed by atoms with Crippen molar-refractivity contribution in [2.24, 2.45) is 16.8 Å². The summed E-state index contributed by atoms with van der Waals surface area (Å²) in [6.07, 6.45) is -0.415. The number of carbonyl (C=O) groups is 2. The van der Waals surface area contributed by atoms with Crippen LogP contribution in [0.25, 0.3) is 0 Å². The SMILES string of the molecule is CCCC(C)(OC1CC(N)C(O)C(C)O1)C(CCO)/C(C)=C(\N=O)C1=C(C)C(=O)c2cccc(OC)c2C1=O. The van der Waals surface area contributed by atoms with Crippen LogP contribution in [0.2, 0.25) is 0 Å². The lowest BCUT2D eigenvalue weighted by atomic mass is 9.75. The Morgan fingerprint density at radius 2 is 2.00 bits per heavy atom. The molecule has 1 fully saturated rings. The van der Waals surface area contributed by atoms with Crippen LogP contribution >= 0.6 is 0 Å². The van der Waals surface area contributed by atoms with E-state index in [9.17, 15) is 24.7 Å². The van der Waals surface area contributed by atoms with Crippen LogP contribution in [0.15, 0.2) is 45.8 Å². The minimum absolute atomic E-state index is 0.0843. The number of methoxy groups -OCH3 is 1. The smallest absolute Gasteiger partial charge is 0.200 e. The highest BCUT2D eigenvalue weighted by Crippen LogP contribution is 2.42. The van der Waals surface area contributed by atoms with Gasteiger partial charge in [-0.25, -0.2) is 0 Å². The third-order valence-corrected chi connectivity index (χ3v) is 7.94. The normalized spacial score (nSPS) is 26.5. The van der Waals surface area contributed by atoms with E-state index in [0.29, 0.717) is 18.4 Å². The molecular weight excluding hydrogens is 504 g/mol. The molecule has 0 amide bonds. The number of carbonyl (C=O) groups excluding carboxylic acids is 2. The summed E-state index contributed by atoms with van der Waals surface area (Å²) in [6.45, 7) is 8.51. The van der Waals surface area contributed by atoms with Crippen molar-refractivity contribution in [1.82, 2.24) is 0 Å². The van der Waals surface area contributed by atoms with E-state index in [2.05, 4.69) is 5.18 Å². The molecule has 10 nitrogen and oxygen atoms in total. The number of allylic oxidation sites excluding steroid dienone is 2. The maximum Gasteiger partial charge on any atom is 0.200 e. The molecule has 0 bridgehead atoms. The second kappa shape index (κ2) is 12.6. The van der Waals surface area contributed by atoms with E-state index < -0.39 is 47.6 Å². The molecule has 1 aliphatic heterocycles. The third kappa shape index (κ3) is 5.90. The molecule has 1 aliphatic carbocycles. The Morgan fingerprint density at radius 1 is 1.31 bits per heavy atom. The summed E-state index contributed by atoms with van der Waals surface area (Å²) in [5.74, 6) is -1.26. The van der Waals surface area contributed by atoms with Crippen LogP contribution in [-0.2, 0) is 9.47 Å². The van der Waals surface area contributed by atoms with Crippen molar-refractivity contribution in [3.05, 3.63) is 56.6 Å². The zero-order valence-corrected chi connectivity index (χ0v) is 23.5. The van der Waals surface area contributed by atoms with Crippen LogP contribution in [0.4, 0.5) is 0 Å². The Morgan fingerprint density at radius 3 is 2.56 bits per heavy atom. The van der Waals surface area contributed by atoms with Crippen LogP contribution in [-0.4, -0.2) is 65.6 Å². The van der Waals surface area contributed by atoms with Crippen molar-refractivity contribution in [3.8, 4) is 5.75 Å².